The van der Waals surface area contributed by atoms with Gasteiger partial charge in [-0.05, 0) is 19.9 Å². The highest BCUT2D eigenvalue weighted by Crippen LogP contribution is 2.07. The molecule has 0 aliphatic heterocycles. The monoisotopic (exact) mass is 183 g/mol. The van der Waals surface area contributed by atoms with Gasteiger partial charge in [0.05, 0.1) is 0 Å². The van der Waals surface area contributed by atoms with Crippen molar-refractivity contribution in [2.75, 3.05) is 7.05 Å². The van der Waals surface area contributed by atoms with Gasteiger partial charge in [0.25, 0.3) is 0 Å². The predicted molar refractivity (Wildman–Crippen MR) is 50.4 cm³/mol. The van der Waals surface area contributed by atoms with Gasteiger partial charge in [-0.2, -0.15) is 4.98 Å². The van der Waals surface area contributed by atoms with Crippen molar-refractivity contribution < 1.29 is 4.52 Å². The molecule has 0 amide bonds. The maximum atomic E-state index is 5.05. The van der Waals surface area contributed by atoms with E-state index in [1.807, 2.05) is 14.0 Å². The van der Waals surface area contributed by atoms with E-state index in [1.54, 1.807) is 0 Å². The molecule has 0 saturated heterocycles. The molecule has 1 atom stereocenters. The Morgan fingerprint density at radius 3 is 2.54 bits per heavy atom. The van der Waals surface area contributed by atoms with Crippen LogP contribution < -0.4 is 5.32 Å². The van der Waals surface area contributed by atoms with Crippen molar-refractivity contribution in [3.8, 4) is 0 Å². The minimum Gasteiger partial charge on any atom is -0.339 e. The molecule has 0 aromatic carbocycles. The lowest BCUT2D eigenvalue weighted by molar-refractivity contribution is 0.334. The van der Waals surface area contributed by atoms with Crippen LogP contribution in [0.15, 0.2) is 4.52 Å². The number of likely N-dealkylation sites (N-methyl/N-ethyl adjacent to an activating group) is 1. The summed E-state index contributed by atoms with van der Waals surface area (Å²) in [5.41, 5.74) is 0. The molecule has 0 bridgehead atoms. The molecular weight excluding hydrogens is 166 g/mol. The van der Waals surface area contributed by atoms with Gasteiger partial charge < -0.3 is 9.84 Å². The minimum absolute atomic E-state index is 0.403. The van der Waals surface area contributed by atoms with E-state index in [9.17, 15) is 0 Å². The number of hydrogen-bond donors (Lipinski definition) is 1. The van der Waals surface area contributed by atoms with E-state index < -0.39 is 0 Å². The zero-order valence-electron chi connectivity index (χ0n) is 8.66. The van der Waals surface area contributed by atoms with Crippen molar-refractivity contribution >= 4 is 0 Å². The molecule has 74 valence electrons. The summed E-state index contributed by atoms with van der Waals surface area (Å²) in [6, 6.07) is 0.403. The van der Waals surface area contributed by atoms with Crippen molar-refractivity contribution in [3.05, 3.63) is 11.7 Å². The zero-order valence-corrected chi connectivity index (χ0v) is 8.66. The molecule has 1 rings (SSSR count). The first kappa shape index (κ1) is 10.2. The largest absolute Gasteiger partial charge is 0.339 e. The predicted octanol–water partition coefficient (Wildman–Crippen LogP) is 1.16. The quantitative estimate of drug-likeness (QED) is 0.761. The minimum atomic E-state index is 0.403. The maximum Gasteiger partial charge on any atom is 0.228 e. The van der Waals surface area contributed by atoms with Gasteiger partial charge in [-0.25, -0.2) is 0 Å². The number of hydrogen-bond acceptors (Lipinski definition) is 4. The first-order chi connectivity index (χ1) is 6.13. The van der Waals surface area contributed by atoms with Gasteiger partial charge in [0.15, 0.2) is 5.82 Å². The number of rotatable bonds is 4. The summed E-state index contributed by atoms with van der Waals surface area (Å²) in [6.07, 6.45) is 0.801. The summed E-state index contributed by atoms with van der Waals surface area (Å²) in [5, 5.41) is 6.98. The van der Waals surface area contributed by atoms with Gasteiger partial charge in [-0.3, -0.25) is 0 Å². The van der Waals surface area contributed by atoms with Crippen LogP contribution in [0, 0.1) is 12.8 Å². The molecule has 4 heteroatoms. The molecule has 0 saturated carbocycles. The summed E-state index contributed by atoms with van der Waals surface area (Å²) in [7, 11) is 1.95. The van der Waals surface area contributed by atoms with Crippen molar-refractivity contribution in [3.63, 3.8) is 0 Å². The maximum absolute atomic E-state index is 5.05. The van der Waals surface area contributed by atoms with Crippen LogP contribution in [-0.4, -0.2) is 23.2 Å². The average Bonchev–Trinajstić information content (AvgIpc) is 2.46. The van der Waals surface area contributed by atoms with Crippen LogP contribution in [0.4, 0.5) is 0 Å². The van der Waals surface area contributed by atoms with Gasteiger partial charge in [0, 0.05) is 12.5 Å². The fourth-order valence-corrected chi connectivity index (χ4v) is 1.28. The Bertz CT molecular complexity index is 257. The fraction of sp³-hybridized carbons (Fsp3) is 0.778. The summed E-state index contributed by atoms with van der Waals surface area (Å²) < 4.78 is 5.05. The van der Waals surface area contributed by atoms with Gasteiger partial charge in [0.2, 0.25) is 5.89 Å². The second-order valence-corrected chi connectivity index (χ2v) is 3.58. The third-order valence-electron chi connectivity index (χ3n) is 2.14. The molecule has 0 fully saturated rings. The fourth-order valence-electron chi connectivity index (χ4n) is 1.28. The van der Waals surface area contributed by atoms with Gasteiger partial charge in [-0.15, -0.1) is 0 Å². The van der Waals surface area contributed by atoms with Gasteiger partial charge >= 0.3 is 0 Å². The lowest BCUT2D eigenvalue weighted by atomic mass is 10.0. The Hall–Kier alpha value is -0.900. The van der Waals surface area contributed by atoms with Crippen molar-refractivity contribution in [1.29, 1.82) is 0 Å². The molecule has 1 aromatic rings. The molecule has 1 unspecified atom stereocenters. The lowest BCUT2D eigenvalue weighted by Gasteiger charge is -2.17. The SMILES string of the molecule is CNC(Cc1nc(C)no1)C(C)C. The highest BCUT2D eigenvalue weighted by Gasteiger charge is 2.14. The summed E-state index contributed by atoms with van der Waals surface area (Å²) in [5.74, 6) is 1.98. The average molecular weight is 183 g/mol. The van der Waals surface area contributed by atoms with E-state index in [4.69, 9.17) is 4.52 Å². The van der Waals surface area contributed by atoms with E-state index in [0.29, 0.717) is 23.7 Å². The molecule has 1 heterocycles. The number of aryl methyl sites for hydroxylation is 1. The van der Waals surface area contributed by atoms with Crippen molar-refractivity contribution in [2.45, 2.75) is 33.2 Å². The third kappa shape index (κ3) is 2.81. The van der Waals surface area contributed by atoms with Crippen molar-refractivity contribution in [2.24, 2.45) is 5.92 Å². The van der Waals surface area contributed by atoms with E-state index >= 15 is 0 Å². The van der Waals surface area contributed by atoms with Crippen LogP contribution in [0.3, 0.4) is 0 Å². The summed E-state index contributed by atoms with van der Waals surface area (Å²) in [4.78, 5) is 4.16. The van der Waals surface area contributed by atoms with Crippen LogP contribution in [-0.2, 0) is 6.42 Å². The molecule has 0 aliphatic carbocycles. The molecule has 0 radical (unpaired) electrons. The number of aromatic nitrogens is 2. The molecule has 0 aliphatic rings. The lowest BCUT2D eigenvalue weighted by Crippen LogP contribution is -2.32. The Balaban J connectivity index is 2.56. The topological polar surface area (TPSA) is 51.0 Å². The van der Waals surface area contributed by atoms with Crippen LogP contribution >= 0.6 is 0 Å². The molecule has 4 nitrogen and oxygen atoms in total. The molecular formula is C9H17N3O. The third-order valence-corrected chi connectivity index (χ3v) is 2.14. The Morgan fingerprint density at radius 2 is 2.15 bits per heavy atom. The standard InChI is InChI=1S/C9H17N3O/c1-6(2)8(10-4)5-9-11-7(3)12-13-9/h6,8,10H,5H2,1-4H3. The van der Waals surface area contributed by atoms with Crippen LogP contribution in [0.2, 0.25) is 0 Å². The second kappa shape index (κ2) is 4.37. The summed E-state index contributed by atoms with van der Waals surface area (Å²) in [6.45, 7) is 6.17. The Kier molecular flexibility index (Phi) is 3.42. The Morgan fingerprint density at radius 1 is 1.46 bits per heavy atom. The number of nitrogens with zero attached hydrogens (tertiary/aromatic N) is 2. The van der Waals surface area contributed by atoms with E-state index in [0.717, 1.165) is 6.42 Å². The first-order valence-corrected chi connectivity index (χ1v) is 4.60. The number of nitrogens with one attached hydrogen (secondary N) is 1. The molecule has 1 N–H and O–H groups in total. The normalized spacial score (nSPS) is 13.6. The second-order valence-electron chi connectivity index (χ2n) is 3.58. The highest BCUT2D eigenvalue weighted by molar-refractivity contribution is 4.87. The molecule has 1 aromatic heterocycles. The van der Waals surface area contributed by atoms with Crippen LogP contribution in [0.1, 0.15) is 25.6 Å². The zero-order chi connectivity index (χ0) is 9.84. The van der Waals surface area contributed by atoms with Gasteiger partial charge in [-0.1, -0.05) is 19.0 Å². The molecule has 0 spiro atoms. The van der Waals surface area contributed by atoms with Crippen LogP contribution in [0.25, 0.3) is 0 Å². The van der Waals surface area contributed by atoms with E-state index in [-0.39, 0.29) is 0 Å². The van der Waals surface area contributed by atoms with Gasteiger partial charge in [0.1, 0.15) is 0 Å². The highest BCUT2D eigenvalue weighted by atomic mass is 16.5. The summed E-state index contributed by atoms with van der Waals surface area (Å²) >= 11 is 0. The molecule has 13 heavy (non-hydrogen) atoms. The smallest absolute Gasteiger partial charge is 0.228 e. The van der Waals surface area contributed by atoms with Crippen LogP contribution in [0.5, 0.6) is 0 Å². The van der Waals surface area contributed by atoms with E-state index in [2.05, 4.69) is 29.3 Å². The first-order valence-electron chi connectivity index (χ1n) is 4.60. The van der Waals surface area contributed by atoms with Crippen molar-refractivity contribution in [1.82, 2.24) is 15.5 Å². The Labute approximate surface area is 78.7 Å². The van der Waals surface area contributed by atoms with E-state index in [1.165, 1.54) is 0 Å².